The van der Waals surface area contributed by atoms with Gasteiger partial charge in [0.25, 0.3) is 0 Å². The molecule has 138 valence electrons. The van der Waals surface area contributed by atoms with Crippen molar-refractivity contribution >= 4 is 15.9 Å². The number of benzene rings is 2. The van der Waals surface area contributed by atoms with Gasteiger partial charge in [0.05, 0.1) is 11.5 Å². The fourth-order valence-electron chi connectivity index (χ4n) is 3.37. The molecule has 0 aliphatic carbocycles. The highest BCUT2D eigenvalue weighted by Crippen LogP contribution is 2.27. The largest absolute Gasteiger partial charge is 0.338 e. The van der Waals surface area contributed by atoms with E-state index in [0.29, 0.717) is 13.0 Å². The van der Waals surface area contributed by atoms with E-state index in [9.17, 15) is 13.2 Å². The molecule has 1 aliphatic heterocycles. The maximum atomic E-state index is 12.0. The molecule has 2 aromatic rings. The Kier molecular flexibility index (Phi) is 5.93. The highest BCUT2D eigenvalue weighted by Gasteiger charge is 2.28. The van der Waals surface area contributed by atoms with E-state index in [2.05, 4.69) is 34.9 Å². The third-order valence-corrected chi connectivity index (χ3v) is 6.46. The van der Waals surface area contributed by atoms with Crippen LogP contribution in [-0.4, -0.2) is 38.5 Å². The molecule has 26 heavy (non-hydrogen) atoms. The van der Waals surface area contributed by atoms with E-state index in [0.717, 1.165) is 6.42 Å². The van der Waals surface area contributed by atoms with Gasteiger partial charge in [-0.25, -0.2) is 13.2 Å². The molecule has 0 aromatic heterocycles. The molecule has 0 bridgehead atoms. The third-order valence-electron chi connectivity index (χ3n) is 4.69. The Morgan fingerprint density at radius 2 is 1.58 bits per heavy atom. The number of rotatable bonds is 6. The molecule has 1 heterocycles. The lowest BCUT2D eigenvalue weighted by Gasteiger charge is -2.19. The Bertz CT molecular complexity index is 783. The summed E-state index contributed by atoms with van der Waals surface area (Å²) in [6, 6.07) is 19.9. The number of hydrogen-bond donors (Lipinski definition) is 2. The van der Waals surface area contributed by atoms with Gasteiger partial charge < -0.3 is 10.6 Å². The number of urea groups is 1. The van der Waals surface area contributed by atoms with Crippen LogP contribution in [0, 0.1) is 0 Å². The van der Waals surface area contributed by atoms with Crippen molar-refractivity contribution < 1.29 is 13.2 Å². The van der Waals surface area contributed by atoms with Crippen molar-refractivity contribution in [2.45, 2.75) is 24.8 Å². The molecule has 2 amide bonds. The molecule has 1 unspecified atom stereocenters. The molecule has 6 heteroatoms. The van der Waals surface area contributed by atoms with Crippen LogP contribution in [0.15, 0.2) is 60.7 Å². The van der Waals surface area contributed by atoms with Crippen LogP contribution in [0.3, 0.4) is 0 Å². The lowest BCUT2D eigenvalue weighted by Crippen LogP contribution is -2.43. The third kappa shape index (κ3) is 5.08. The van der Waals surface area contributed by atoms with Gasteiger partial charge in [-0.05, 0) is 24.0 Å². The minimum atomic E-state index is -2.99. The summed E-state index contributed by atoms with van der Waals surface area (Å²) in [4.78, 5) is 12.0. The van der Waals surface area contributed by atoms with Crippen molar-refractivity contribution in [3.05, 3.63) is 71.8 Å². The van der Waals surface area contributed by atoms with E-state index >= 15 is 0 Å². The second-order valence-corrected chi connectivity index (χ2v) is 8.89. The minimum absolute atomic E-state index is 0.0388. The quantitative estimate of drug-likeness (QED) is 0.819. The lowest BCUT2D eigenvalue weighted by molar-refractivity contribution is 0.237. The van der Waals surface area contributed by atoms with E-state index in [1.807, 2.05) is 36.4 Å². The molecule has 1 fully saturated rings. The number of sulfone groups is 1. The molecule has 3 rings (SSSR count). The number of carbonyl (C=O) groups is 1. The summed E-state index contributed by atoms with van der Waals surface area (Å²) in [6.07, 6.45) is 1.26. The van der Waals surface area contributed by atoms with Gasteiger partial charge >= 0.3 is 6.03 Å². The van der Waals surface area contributed by atoms with Crippen molar-refractivity contribution in [1.82, 2.24) is 10.6 Å². The first-order valence-electron chi connectivity index (χ1n) is 8.88. The van der Waals surface area contributed by atoms with Gasteiger partial charge in [-0.1, -0.05) is 60.7 Å². The summed E-state index contributed by atoms with van der Waals surface area (Å²) in [6.45, 7) is 0.514. The Morgan fingerprint density at radius 1 is 1.00 bits per heavy atom. The maximum Gasteiger partial charge on any atom is 0.315 e. The molecule has 0 radical (unpaired) electrons. The van der Waals surface area contributed by atoms with E-state index < -0.39 is 9.84 Å². The molecular weight excluding hydrogens is 348 g/mol. The van der Waals surface area contributed by atoms with Crippen molar-refractivity contribution in [3.63, 3.8) is 0 Å². The van der Waals surface area contributed by atoms with E-state index in [1.165, 1.54) is 11.1 Å². The lowest BCUT2D eigenvalue weighted by atomic mass is 9.88. The summed E-state index contributed by atoms with van der Waals surface area (Å²) >= 11 is 0. The molecule has 0 spiro atoms. The molecule has 1 atom stereocenters. The summed E-state index contributed by atoms with van der Waals surface area (Å²) in [7, 11) is -2.99. The van der Waals surface area contributed by atoms with Crippen LogP contribution in [0.2, 0.25) is 0 Å². The molecule has 0 saturated carbocycles. The van der Waals surface area contributed by atoms with E-state index in [1.54, 1.807) is 0 Å². The van der Waals surface area contributed by atoms with Gasteiger partial charge in [0.15, 0.2) is 9.84 Å². The predicted molar refractivity (Wildman–Crippen MR) is 103 cm³/mol. The topological polar surface area (TPSA) is 75.3 Å². The second kappa shape index (κ2) is 8.36. The van der Waals surface area contributed by atoms with Gasteiger partial charge in [-0.15, -0.1) is 0 Å². The SMILES string of the molecule is O=C(NCCC(c1ccccc1)c1ccccc1)NC1CCS(=O)(=O)C1. The number of carbonyl (C=O) groups excluding carboxylic acids is 1. The first kappa shape index (κ1) is 18.5. The highest BCUT2D eigenvalue weighted by atomic mass is 32.2. The predicted octanol–water partition coefficient (Wildman–Crippen LogP) is 2.69. The number of hydrogen-bond acceptors (Lipinski definition) is 3. The molecule has 1 aliphatic rings. The van der Waals surface area contributed by atoms with Crippen molar-refractivity contribution in [2.24, 2.45) is 0 Å². The molecule has 5 nitrogen and oxygen atoms in total. The summed E-state index contributed by atoms with van der Waals surface area (Å²) in [5, 5.41) is 5.62. The zero-order valence-corrected chi connectivity index (χ0v) is 15.4. The monoisotopic (exact) mass is 372 g/mol. The van der Waals surface area contributed by atoms with Crippen LogP contribution in [0.5, 0.6) is 0 Å². The van der Waals surface area contributed by atoms with Gasteiger partial charge in [-0.3, -0.25) is 0 Å². The van der Waals surface area contributed by atoms with Crippen LogP contribution < -0.4 is 10.6 Å². The Hall–Kier alpha value is -2.34. The van der Waals surface area contributed by atoms with Crippen molar-refractivity contribution in [3.8, 4) is 0 Å². The van der Waals surface area contributed by atoms with E-state index in [4.69, 9.17) is 0 Å². The highest BCUT2D eigenvalue weighted by molar-refractivity contribution is 7.91. The fraction of sp³-hybridized carbons (Fsp3) is 0.350. The zero-order chi connectivity index (χ0) is 18.4. The first-order valence-corrected chi connectivity index (χ1v) is 10.7. The minimum Gasteiger partial charge on any atom is -0.338 e. The van der Waals surface area contributed by atoms with Crippen LogP contribution >= 0.6 is 0 Å². The van der Waals surface area contributed by atoms with Crippen LogP contribution in [-0.2, 0) is 9.84 Å². The number of nitrogens with one attached hydrogen (secondary N) is 2. The fourth-order valence-corrected chi connectivity index (χ4v) is 5.05. The average Bonchev–Trinajstić information content (AvgIpc) is 2.98. The number of amides is 2. The summed E-state index contributed by atoms with van der Waals surface area (Å²) in [5.41, 5.74) is 2.42. The standard InChI is InChI=1S/C20H24N2O3S/c23-20(22-18-12-14-26(24,25)15-18)21-13-11-19(16-7-3-1-4-8-16)17-9-5-2-6-10-17/h1-10,18-19H,11-15H2,(H2,21,22,23). The Labute approximate surface area is 154 Å². The van der Waals surface area contributed by atoms with Gasteiger partial charge in [0, 0.05) is 18.5 Å². The maximum absolute atomic E-state index is 12.0. The van der Waals surface area contributed by atoms with E-state index in [-0.39, 0.29) is 29.5 Å². The van der Waals surface area contributed by atoms with Gasteiger partial charge in [0.2, 0.25) is 0 Å². The van der Waals surface area contributed by atoms with Crippen LogP contribution in [0.1, 0.15) is 29.9 Å². The average molecular weight is 372 g/mol. The zero-order valence-electron chi connectivity index (χ0n) is 14.6. The Balaban J connectivity index is 1.56. The van der Waals surface area contributed by atoms with Gasteiger partial charge in [0.1, 0.15) is 0 Å². The van der Waals surface area contributed by atoms with Crippen molar-refractivity contribution in [1.29, 1.82) is 0 Å². The summed E-state index contributed by atoms with van der Waals surface area (Å²) < 4.78 is 22.9. The summed E-state index contributed by atoms with van der Waals surface area (Å²) in [5.74, 6) is 0.392. The van der Waals surface area contributed by atoms with Crippen LogP contribution in [0.25, 0.3) is 0 Å². The molecule has 2 aromatic carbocycles. The molecular formula is C20H24N2O3S. The second-order valence-electron chi connectivity index (χ2n) is 6.66. The molecule has 1 saturated heterocycles. The van der Waals surface area contributed by atoms with Crippen LogP contribution in [0.4, 0.5) is 4.79 Å². The normalized spacial score (nSPS) is 18.6. The smallest absolute Gasteiger partial charge is 0.315 e. The first-order chi connectivity index (χ1) is 12.5. The Morgan fingerprint density at radius 3 is 2.08 bits per heavy atom. The van der Waals surface area contributed by atoms with Crippen molar-refractivity contribution in [2.75, 3.05) is 18.1 Å². The van der Waals surface area contributed by atoms with Gasteiger partial charge in [-0.2, -0.15) is 0 Å². The molecule has 2 N–H and O–H groups in total.